The summed E-state index contributed by atoms with van der Waals surface area (Å²) in [5.74, 6) is -1.18. The predicted molar refractivity (Wildman–Crippen MR) is 42.0 cm³/mol. The zero-order chi connectivity index (χ0) is 10.4. The Balaban J connectivity index is 3.76. The summed E-state index contributed by atoms with van der Waals surface area (Å²) in [6, 6.07) is 0. The lowest BCUT2D eigenvalue weighted by Crippen LogP contribution is -2.33. The Morgan fingerprint density at radius 1 is 1.15 bits per heavy atom. The van der Waals surface area contributed by atoms with Crippen molar-refractivity contribution in [3.63, 3.8) is 0 Å². The summed E-state index contributed by atoms with van der Waals surface area (Å²) in [4.78, 5) is 10.1. The maximum absolute atomic E-state index is 10.1. The van der Waals surface area contributed by atoms with E-state index in [1.54, 1.807) is 0 Å². The van der Waals surface area contributed by atoms with Crippen LogP contribution in [-0.4, -0.2) is 56.4 Å². The highest BCUT2D eigenvalue weighted by Gasteiger charge is 2.20. The van der Waals surface area contributed by atoms with Crippen molar-refractivity contribution in [1.82, 2.24) is 0 Å². The van der Waals surface area contributed by atoms with Crippen LogP contribution in [0.5, 0.6) is 0 Å². The molecule has 0 aliphatic heterocycles. The van der Waals surface area contributed by atoms with E-state index >= 15 is 0 Å². The van der Waals surface area contributed by atoms with Gasteiger partial charge in [-0.1, -0.05) is 0 Å². The first-order valence-electron chi connectivity index (χ1n) is 3.84. The summed E-state index contributed by atoms with van der Waals surface area (Å²) in [5, 5.41) is 43.5. The van der Waals surface area contributed by atoms with E-state index < -0.39 is 37.3 Å². The van der Waals surface area contributed by atoms with Crippen molar-refractivity contribution >= 4 is 5.97 Å². The molecule has 0 spiro atoms. The predicted octanol–water partition coefficient (Wildman–Crippen LogP) is -2.07. The number of hydrogen-bond donors (Lipinski definition) is 5. The van der Waals surface area contributed by atoms with Crippen LogP contribution >= 0.6 is 0 Å². The highest BCUT2D eigenvalue weighted by molar-refractivity contribution is 5.67. The van der Waals surface area contributed by atoms with Gasteiger partial charge in [0.1, 0.15) is 6.10 Å². The monoisotopic (exact) mass is 194 g/mol. The van der Waals surface area contributed by atoms with Gasteiger partial charge in [0.2, 0.25) is 0 Å². The summed E-state index contributed by atoms with van der Waals surface area (Å²) in [6.07, 6.45) is -4.63. The first kappa shape index (κ1) is 12.3. The third-order valence-corrected chi connectivity index (χ3v) is 1.56. The van der Waals surface area contributed by atoms with Gasteiger partial charge in [-0.15, -0.1) is 0 Å². The zero-order valence-electron chi connectivity index (χ0n) is 7.00. The van der Waals surface area contributed by atoms with Gasteiger partial charge < -0.3 is 25.5 Å². The van der Waals surface area contributed by atoms with Gasteiger partial charge in [0.15, 0.2) is 0 Å². The fraction of sp³-hybridized carbons (Fsp3) is 0.857. The molecular weight excluding hydrogens is 180 g/mol. The molecule has 3 atom stereocenters. The molecule has 0 saturated heterocycles. The van der Waals surface area contributed by atoms with Crippen LogP contribution < -0.4 is 0 Å². The van der Waals surface area contributed by atoms with Crippen molar-refractivity contribution in [1.29, 1.82) is 0 Å². The molecule has 13 heavy (non-hydrogen) atoms. The highest BCUT2D eigenvalue weighted by Crippen LogP contribution is 2.05. The number of hydrogen-bond acceptors (Lipinski definition) is 5. The third-order valence-electron chi connectivity index (χ3n) is 1.56. The minimum absolute atomic E-state index is 0.270. The van der Waals surface area contributed by atoms with Crippen molar-refractivity contribution in [2.45, 2.75) is 31.2 Å². The van der Waals surface area contributed by atoms with Crippen LogP contribution in [0.2, 0.25) is 0 Å². The summed E-state index contributed by atoms with van der Waals surface area (Å²) < 4.78 is 0. The van der Waals surface area contributed by atoms with Crippen LogP contribution in [0, 0.1) is 0 Å². The molecular formula is C7H14O6. The lowest BCUT2D eigenvalue weighted by Gasteiger charge is -2.17. The van der Waals surface area contributed by atoms with E-state index in [9.17, 15) is 4.79 Å². The molecule has 0 amide bonds. The Morgan fingerprint density at radius 3 is 2.08 bits per heavy atom. The Hall–Kier alpha value is -0.690. The smallest absolute Gasteiger partial charge is 0.305 e. The molecule has 5 N–H and O–H groups in total. The topological polar surface area (TPSA) is 118 Å². The molecule has 0 aromatic rings. The molecule has 6 nitrogen and oxygen atoms in total. The molecule has 0 aliphatic carbocycles. The third kappa shape index (κ3) is 5.53. The van der Waals surface area contributed by atoms with Crippen LogP contribution in [0.1, 0.15) is 12.8 Å². The van der Waals surface area contributed by atoms with Crippen molar-refractivity contribution in [3.8, 4) is 0 Å². The maximum atomic E-state index is 10.1. The van der Waals surface area contributed by atoms with Crippen LogP contribution in [-0.2, 0) is 4.79 Å². The molecule has 0 rings (SSSR count). The fourth-order valence-electron chi connectivity index (χ4n) is 0.842. The molecule has 0 bridgehead atoms. The normalized spacial score (nSPS) is 17.8. The SMILES string of the molecule is O=C(O)CC(O)CC(O)C(O)CO. The van der Waals surface area contributed by atoms with Crippen LogP contribution in [0.15, 0.2) is 0 Å². The van der Waals surface area contributed by atoms with Crippen molar-refractivity contribution in [2.24, 2.45) is 0 Å². The minimum atomic E-state index is -1.34. The maximum Gasteiger partial charge on any atom is 0.305 e. The molecule has 0 aliphatic rings. The standard InChI is InChI=1S/C7H14O6/c8-3-6(11)5(10)1-4(9)2-7(12)13/h4-6,8-11H,1-3H2,(H,12,13). The highest BCUT2D eigenvalue weighted by atomic mass is 16.4. The van der Waals surface area contributed by atoms with E-state index in [0.29, 0.717) is 0 Å². The summed E-state index contributed by atoms with van der Waals surface area (Å²) >= 11 is 0. The van der Waals surface area contributed by atoms with Crippen molar-refractivity contribution < 1.29 is 30.3 Å². The Kier molecular flexibility index (Phi) is 5.56. The van der Waals surface area contributed by atoms with Gasteiger partial charge in [-0.2, -0.15) is 0 Å². The summed E-state index contributed by atoms with van der Waals surface area (Å²) in [6.45, 7) is -0.624. The molecule has 3 unspecified atom stereocenters. The summed E-state index contributed by atoms with van der Waals surface area (Å²) in [7, 11) is 0. The Bertz CT molecular complexity index is 159. The van der Waals surface area contributed by atoms with Gasteiger partial charge in [0.25, 0.3) is 0 Å². The lowest BCUT2D eigenvalue weighted by molar-refractivity contribution is -0.139. The van der Waals surface area contributed by atoms with Gasteiger partial charge in [-0.25, -0.2) is 0 Å². The molecule has 78 valence electrons. The largest absolute Gasteiger partial charge is 0.481 e. The van der Waals surface area contributed by atoms with E-state index in [1.165, 1.54) is 0 Å². The lowest BCUT2D eigenvalue weighted by atomic mass is 10.1. The molecule has 6 heteroatoms. The van der Waals surface area contributed by atoms with Gasteiger partial charge in [0, 0.05) is 6.42 Å². The number of aliphatic carboxylic acids is 1. The average molecular weight is 194 g/mol. The fourth-order valence-corrected chi connectivity index (χ4v) is 0.842. The Labute approximate surface area is 75.1 Å². The number of rotatable bonds is 6. The van der Waals surface area contributed by atoms with Crippen LogP contribution in [0.25, 0.3) is 0 Å². The van der Waals surface area contributed by atoms with Gasteiger partial charge in [0.05, 0.1) is 25.2 Å². The van der Waals surface area contributed by atoms with Gasteiger partial charge >= 0.3 is 5.97 Å². The number of carboxylic acids is 1. The average Bonchev–Trinajstić information content (AvgIpc) is 2.01. The number of aliphatic hydroxyl groups is 4. The molecule has 0 aromatic carbocycles. The Morgan fingerprint density at radius 2 is 1.69 bits per heavy atom. The number of carbonyl (C=O) groups is 1. The van der Waals surface area contributed by atoms with Crippen molar-refractivity contribution in [3.05, 3.63) is 0 Å². The second kappa shape index (κ2) is 5.87. The number of aliphatic hydroxyl groups excluding tert-OH is 4. The summed E-state index contributed by atoms with van der Waals surface area (Å²) in [5.41, 5.74) is 0. The second-order valence-corrected chi connectivity index (χ2v) is 2.80. The number of carboxylic acid groups (broad SMARTS) is 1. The molecule has 0 radical (unpaired) electrons. The van der Waals surface area contributed by atoms with Gasteiger partial charge in [-0.05, 0) is 0 Å². The van der Waals surface area contributed by atoms with Crippen LogP contribution in [0.3, 0.4) is 0 Å². The quantitative estimate of drug-likeness (QED) is 0.331. The van der Waals surface area contributed by atoms with E-state index in [2.05, 4.69) is 0 Å². The minimum Gasteiger partial charge on any atom is -0.481 e. The second-order valence-electron chi connectivity index (χ2n) is 2.80. The molecule has 0 aromatic heterocycles. The first-order valence-corrected chi connectivity index (χ1v) is 3.84. The first-order chi connectivity index (χ1) is 5.97. The molecule has 0 saturated carbocycles. The molecule has 0 fully saturated rings. The van der Waals surface area contributed by atoms with Crippen molar-refractivity contribution in [2.75, 3.05) is 6.61 Å². The van der Waals surface area contributed by atoms with E-state index in [1.807, 2.05) is 0 Å². The van der Waals surface area contributed by atoms with E-state index in [-0.39, 0.29) is 6.42 Å². The zero-order valence-corrected chi connectivity index (χ0v) is 7.00. The molecule has 0 heterocycles. The van der Waals surface area contributed by atoms with Gasteiger partial charge in [-0.3, -0.25) is 4.79 Å². The van der Waals surface area contributed by atoms with E-state index in [4.69, 9.17) is 25.5 Å². The van der Waals surface area contributed by atoms with E-state index in [0.717, 1.165) is 0 Å². The van der Waals surface area contributed by atoms with Crippen LogP contribution in [0.4, 0.5) is 0 Å².